The molecule has 0 aliphatic heterocycles. The standard InChI is InChI=1S/C15H15N3O4/c1-8(16)13(19)17-10-4-2-9(3-5-10)12-7-6-11(15(21)22)14(20)18-12/h2-8H,16H2,1H3,(H,17,19)(H,18,20)(H,21,22)/t8-/m0/s1. The number of hydrogen-bond donors (Lipinski definition) is 4. The number of H-pyrrole nitrogens is 1. The second kappa shape index (κ2) is 6.23. The Labute approximate surface area is 125 Å². The van der Waals surface area contributed by atoms with Crippen LogP contribution in [0, 0.1) is 0 Å². The van der Waals surface area contributed by atoms with Gasteiger partial charge in [0.1, 0.15) is 5.56 Å². The van der Waals surface area contributed by atoms with Gasteiger partial charge in [0.15, 0.2) is 0 Å². The molecule has 7 heteroatoms. The van der Waals surface area contributed by atoms with E-state index in [-0.39, 0.29) is 11.5 Å². The van der Waals surface area contributed by atoms with Gasteiger partial charge in [-0.25, -0.2) is 4.79 Å². The molecule has 7 nitrogen and oxygen atoms in total. The van der Waals surface area contributed by atoms with E-state index in [1.54, 1.807) is 31.2 Å². The average Bonchev–Trinajstić information content (AvgIpc) is 2.47. The number of rotatable bonds is 4. The second-order valence-electron chi connectivity index (χ2n) is 4.78. The van der Waals surface area contributed by atoms with E-state index in [1.807, 2.05) is 0 Å². The van der Waals surface area contributed by atoms with Crippen molar-refractivity contribution in [3.05, 3.63) is 52.3 Å². The number of aromatic nitrogens is 1. The first-order chi connectivity index (χ1) is 10.4. The Balaban J connectivity index is 2.24. The van der Waals surface area contributed by atoms with Gasteiger partial charge < -0.3 is 21.1 Å². The number of carboxylic acids is 1. The van der Waals surface area contributed by atoms with Gasteiger partial charge in [-0.1, -0.05) is 12.1 Å². The number of carboxylic acid groups (broad SMARTS) is 1. The van der Waals surface area contributed by atoms with Crippen LogP contribution >= 0.6 is 0 Å². The van der Waals surface area contributed by atoms with Crippen LogP contribution in [0.15, 0.2) is 41.2 Å². The van der Waals surface area contributed by atoms with Crippen molar-refractivity contribution in [3.63, 3.8) is 0 Å². The van der Waals surface area contributed by atoms with E-state index in [1.165, 1.54) is 12.1 Å². The number of aromatic carboxylic acids is 1. The lowest BCUT2D eigenvalue weighted by atomic mass is 10.1. The first-order valence-electron chi connectivity index (χ1n) is 6.52. The molecule has 2 rings (SSSR count). The monoisotopic (exact) mass is 301 g/mol. The minimum atomic E-state index is -1.28. The number of aromatic amines is 1. The number of amides is 1. The third-order valence-corrected chi connectivity index (χ3v) is 3.02. The molecule has 22 heavy (non-hydrogen) atoms. The molecule has 1 aromatic heterocycles. The number of carbonyl (C=O) groups is 2. The highest BCUT2D eigenvalue weighted by Gasteiger charge is 2.10. The van der Waals surface area contributed by atoms with E-state index < -0.39 is 17.6 Å². The van der Waals surface area contributed by atoms with Gasteiger partial charge >= 0.3 is 5.97 Å². The third-order valence-electron chi connectivity index (χ3n) is 3.02. The molecular formula is C15H15N3O4. The Morgan fingerprint density at radius 1 is 1.18 bits per heavy atom. The summed E-state index contributed by atoms with van der Waals surface area (Å²) in [4.78, 5) is 36.4. The van der Waals surface area contributed by atoms with Crippen LogP contribution in [0.1, 0.15) is 17.3 Å². The van der Waals surface area contributed by atoms with E-state index in [4.69, 9.17) is 10.8 Å². The summed E-state index contributed by atoms with van der Waals surface area (Å²) in [7, 11) is 0. The lowest BCUT2D eigenvalue weighted by Crippen LogP contribution is -2.32. The zero-order chi connectivity index (χ0) is 16.3. The molecule has 1 heterocycles. The molecule has 0 radical (unpaired) electrons. The Bertz CT molecular complexity index is 763. The van der Waals surface area contributed by atoms with E-state index in [9.17, 15) is 14.4 Å². The van der Waals surface area contributed by atoms with Gasteiger partial charge in [0.2, 0.25) is 5.91 Å². The minimum Gasteiger partial charge on any atom is -0.477 e. The fourth-order valence-corrected chi connectivity index (χ4v) is 1.80. The molecule has 0 aliphatic rings. The number of carbonyl (C=O) groups excluding carboxylic acids is 1. The lowest BCUT2D eigenvalue weighted by molar-refractivity contribution is -0.117. The highest BCUT2D eigenvalue weighted by Crippen LogP contribution is 2.19. The first kappa shape index (κ1) is 15.5. The molecule has 1 atom stereocenters. The predicted molar refractivity (Wildman–Crippen MR) is 81.7 cm³/mol. The van der Waals surface area contributed by atoms with E-state index >= 15 is 0 Å². The third kappa shape index (κ3) is 3.39. The smallest absolute Gasteiger partial charge is 0.341 e. The SMILES string of the molecule is C[C@H](N)C(=O)Nc1ccc(-c2ccc(C(=O)O)c(=O)[nH]2)cc1. The summed E-state index contributed by atoms with van der Waals surface area (Å²) < 4.78 is 0. The molecule has 0 fully saturated rings. The molecule has 1 aromatic carbocycles. The summed E-state index contributed by atoms with van der Waals surface area (Å²) in [6.07, 6.45) is 0. The van der Waals surface area contributed by atoms with Gasteiger partial charge in [-0.2, -0.15) is 0 Å². The molecule has 2 aromatic rings. The summed E-state index contributed by atoms with van der Waals surface area (Å²) in [5, 5.41) is 11.5. The van der Waals surface area contributed by atoms with Crippen molar-refractivity contribution in [2.75, 3.05) is 5.32 Å². The van der Waals surface area contributed by atoms with Gasteiger partial charge in [-0.05, 0) is 36.8 Å². The van der Waals surface area contributed by atoms with Crippen molar-refractivity contribution in [2.45, 2.75) is 13.0 Å². The minimum absolute atomic E-state index is 0.299. The van der Waals surface area contributed by atoms with Crippen LogP contribution in [0.4, 0.5) is 5.69 Å². The summed E-state index contributed by atoms with van der Waals surface area (Å²) in [5.41, 5.74) is 6.23. The van der Waals surface area contributed by atoms with Crippen LogP contribution in [-0.2, 0) is 4.79 Å². The number of benzene rings is 1. The quantitative estimate of drug-likeness (QED) is 0.671. The van der Waals surface area contributed by atoms with E-state index in [0.717, 1.165) is 0 Å². The Kier molecular flexibility index (Phi) is 4.38. The number of nitrogens with one attached hydrogen (secondary N) is 2. The highest BCUT2D eigenvalue weighted by atomic mass is 16.4. The van der Waals surface area contributed by atoms with Crippen LogP contribution in [-0.4, -0.2) is 28.0 Å². The van der Waals surface area contributed by atoms with Crippen molar-refractivity contribution in [3.8, 4) is 11.3 Å². The maximum atomic E-state index is 11.6. The predicted octanol–water partition coefficient (Wildman–Crippen LogP) is 1.03. The van der Waals surface area contributed by atoms with Crippen LogP contribution in [0.3, 0.4) is 0 Å². The molecule has 0 spiro atoms. The Morgan fingerprint density at radius 3 is 2.32 bits per heavy atom. The van der Waals surface area contributed by atoms with E-state index in [2.05, 4.69) is 10.3 Å². The molecule has 5 N–H and O–H groups in total. The lowest BCUT2D eigenvalue weighted by Gasteiger charge is -2.08. The molecular weight excluding hydrogens is 286 g/mol. The zero-order valence-electron chi connectivity index (χ0n) is 11.8. The molecule has 0 saturated carbocycles. The van der Waals surface area contributed by atoms with Crippen molar-refractivity contribution in [1.82, 2.24) is 4.98 Å². The fraction of sp³-hybridized carbons (Fsp3) is 0.133. The van der Waals surface area contributed by atoms with Crippen molar-refractivity contribution >= 4 is 17.6 Å². The normalized spacial score (nSPS) is 11.7. The Hall–Kier alpha value is -2.93. The van der Waals surface area contributed by atoms with Crippen LogP contribution < -0.4 is 16.6 Å². The highest BCUT2D eigenvalue weighted by molar-refractivity contribution is 5.94. The first-order valence-corrected chi connectivity index (χ1v) is 6.52. The molecule has 0 aliphatic carbocycles. The Morgan fingerprint density at radius 2 is 1.82 bits per heavy atom. The largest absolute Gasteiger partial charge is 0.477 e. The maximum absolute atomic E-state index is 11.6. The van der Waals surface area contributed by atoms with Crippen LogP contribution in [0.25, 0.3) is 11.3 Å². The summed E-state index contributed by atoms with van der Waals surface area (Å²) in [6, 6.07) is 8.88. The number of pyridine rings is 1. The number of hydrogen-bond acceptors (Lipinski definition) is 4. The molecule has 0 unspecified atom stereocenters. The van der Waals surface area contributed by atoms with Gasteiger partial charge in [0.25, 0.3) is 5.56 Å². The zero-order valence-corrected chi connectivity index (χ0v) is 11.8. The maximum Gasteiger partial charge on any atom is 0.341 e. The topological polar surface area (TPSA) is 125 Å². The second-order valence-corrected chi connectivity index (χ2v) is 4.78. The summed E-state index contributed by atoms with van der Waals surface area (Å²) in [5.74, 6) is -1.58. The van der Waals surface area contributed by atoms with Crippen molar-refractivity contribution in [2.24, 2.45) is 5.73 Å². The van der Waals surface area contributed by atoms with Gasteiger partial charge in [0, 0.05) is 11.4 Å². The van der Waals surface area contributed by atoms with Crippen LogP contribution in [0.2, 0.25) is 0 Å². The average molecular weight is 301 g/mol. The number of anilines is 1. The summed E-state index contributed by atoms with van der Waals surface area (Å²) in [6.45, 7) is 1.58. The van der Waals surface area contributed by atoms with Crippen molar-refractivity contribution < 1.29 is 14.7 Å². The molecule has 0 bridgehead atoms. The van der Waals surface area contributed by atoms with Gasteiger partial charge in [-0.3, -0.25) is 9.59 Å². The van der Waals surface area contributed by atoms with Gasteiger partial charge in [-0.15, -0.1) is 0 Å². The number of nitrogens with two attached hydrogens (primary N) is 1. The molecule has 0 saturated heterocycles. The molecule has 114 valence electrons. The fourth-order valence-electron chi connectivity index (χ4n) is 1.80. The summed E-state index contributed by atoms with van der Waals surface area (Å²) >= 11 is 0. The van der Waals surface area contributed by atoms with Crippen LogP contribution in [0.5, 0.6) is 0 Å². The van der Waals surface area contributed by atoms with E-state index in [0.29, 0.717) is 16.9 Å². The van der Waals surface area contributed by atoms with Gasteiger partial charge in [0.05, 0.1) is 6.04 Å². The van der Waals surface area contributed by atoms with Crippen molar-refractivity contribution in [1.29, 1.82) is 0 Å². The molecule has 1 amide bonds.